The van der Waals surface area contributed by atoms with Crippen LogP contribution >= 0.6 is 0 Å². The van der Waals surface area contributed by atoms with Crippen molar-refractivity contribution >= 4 is 65.0 Å². The van der Waals surface area contributed by atoms with E-state index in [9.17, 15) is 4.55 Å². The smallest absolute Gasteiger partial charge is 0.261 e. The number of hydrogen-bond acceptors (Lipinski definition) is 6. The second-order valence-electron chi connectivity index (χ2n) is 20.6. The highest BCUT2D eigenvalue weighted by atomic mass is 32.2. The van der Waals surface area contributed by atoms with Crippen molar-refractivity contribution in [3.63, 3.8) is 0 Å². The molecule has 7 nitrogen and oxygen atoms in total. The summed E-state index contributed by atoms with van der Waals surface area (Å²) in [6.45, 7) is 24.4. The Balaban J connectivity index is 1.53. The van der Waals surface area contributed by atoms with Gasteiger partial charge in [0.05, 0.1) is 24.3 Å². The molecule has 11 heteroatoms. The Morgan fingerprint density at radius 3 is 1.43 bits per heavy atom. The predicted molar refractivity (Wildman–Crippen MR) is 280 cm³/mol. The van der Waals surface area contributed by atoms with E-state index in [0.29, 0.717) is 38.8 Å². The maximum atomic E-state index is 15.3. The van der Waals surface area contributed by atoms with Crippen molar-refractivity contribution in [2.24, 2.45) is 10.3 Å². The molecule has 5 aromatic rings. The number of benzene rings is 5. The third-order valence-electron chi connectivity index (χ3n) is 12.2. The average Bonchev–Trinajstić information content (AvgIpc) is 3.26. The van der Waals surface area contributed by atoms with Crippen LogP contribution in [0.4, 0.5) is 0 Å². The maximum Gasteiger partial charge on any atom is 0.261 e. The van der Waals surface area contributed by atoms with Gasteiger partial charge < -0.3 is 13.4 Å². The van der Waals surface area contributed by atoms with Crippen LogP contribution in [-0.2, 0) is 36.8 Å². The molecule has 0 radical (unpaired) electrons. The quantitative estimate of drug-likeness (QED) is 0.0316. The largest absolute Gasteiger partial charge is 0.591 e. The van der Waals surface area contributed by atoms with E-state index in [-0.39, 0.29) is 27.5 Å². The van der Waals surface area contributed by atoms with E-state index in [1.807, 2.05) is 57.2 Å². The lowest BCUT2D eigenvalue weighted by Gasteiger charge is -2.44. The van der Waals surface area contributed by atoms with Crippen molar-refractivity contribution < 1.29 is 21.8 Å². The first-order valence-corrected chi connectivity index (χ1v) is 29.6. The van der Waals surface area contributed by atoms with Crippen molar-refractivity contribution in [2.45, 2.75) is 134 Å². The zero-order valence-corrected chi connectivity index (χ0v) is 44.4. The number of unbranched alkanes of at least 4 members (excludes halogenated alkanes) is 1. The molecule has 0 saturated carbocycles. The fraction of sp³-hybridized carbons (Fsp3) is 0.426. The Morgan fingerprint density at radius 2 is 1.05 bits per heavy atom. The van der Waals surface area contributed by atoms with Crippen LogP contribution in [0.1, 0.15) is 107 Å². The molecule has 0 aliphatic heterocycles. The summed E-state index contributed by atoms with van der Waals surface area (Å²) < 4.78 is 63.6. The summed E-state index contributed by atoms with van der Waals surface area (Å²) in [6.07, 6.45) is 4.17. The second-order valence-corrected chi connectivity index (χ2v) is 33.0. The van der Waals surface area contributed by atoms with E-state index in [0.717, 1.165) is 15.9 Å². The highest BCUT2D eigenvalue weighted by Gasteiger charge is 2.52. The predicted octanol–water partition coefficient (Wildman–Crippen LogP) is 10.4. The molecular formula is C54H74N2O5S2Si2. The van der Waals surface area contributed by atoms with Gasteiger partial charge in [-0.2, -0.15) is 4.31 Å². The summed E-state index contributed by atoms with van der Waals surface area (Å²) in [5.74, 6) is 0.270. The first kappa shape index (κ1) is 52.3. The van der Waals surface area contributed by atoms with Gasteiger partial charge in [-0.15, -0.1) is 0 Å². The highest BCUT2D eigenvalue weighted by Crippen LogP contribution is 2.39. The van der Waals surface area contributed by atoms with Gasteiger partial charge in [-0.1, -0.05) is 193 Å². The lowest BCUT2D eigenvalue weighted by molar-refractivity contribution is 0.181. The third-order valence-corrected chi connectivity index (χ3v) is 25.6. The standard InChI is InChI=1S/C54H74N2O5S2Si2/c1-44(2)39-41-56(63(58,59)47-37-35-45(36-38-47)42-60-64(53(6,7)8,48-27-16-12-17-28-48)49-29-18-13-19-30-49)46(26-24-25-40-55-62(57)52(3,4)5)43-61-65(54(9,10)11,50-31-20-14-21-32-50)51-33-22-15-23-34-51/h12-23,27-38,40,44,46H,24-26,39,41-43H2,1-11H3/b55-40+/t46-,62+/m0/s1. The Kier molecular flexibility index (Phi) is 18.1. The van der Waals surface area contributed by atoms with Gasteiger partial charge in [-0.25, -0.2) is 8.42 Å². The minimum atomic E-state index is -4.02. The van der Waals surface area contributed by atoms with Crippen molar-refractivity contribution in [3.8, 4) is 0 Å². The summed E-state index contributed by atoms with van der Waals surface area (Å²) in [5, 5.41) is 4.18. The lowest BCUT2D eigenvalue weighted by Crippen LogP contribution is -2.67. The SMILES string of the molecule is CC(C)CCN([C@@H](CCC/C=N/[S@+]([O-])C(C)(C)C)CO[Si](c1ccccc1)(c1ccccc1)C(C)(C)C)S(=O)(=O)c1ccc(CO[Si](c2ccccc2)(c2ccccc2)C(C)(C)C)cc1. The zero-order chi connectivity index (χ0) is 47.5. The Hall–Kier alpha value is -3.66. The summed E-state index contributed by atoms with van der Waals surface area (Å²) in [5.41, 5.74) is 0.907. The summed E-state index contributed by atoms with van der Waals surface area (Å²) in [7, 11) is -9.87. The summed E-state index contributed by atoms with van der Waals surface area (Å²) >= 11 is -1.37. The number of rotatable bonds is 21. The van der Waals surface area contributed by atoms with Gasteiger partial charge in [-0.3, -0.25) is 0 Å². The van der Waals surface area contributed by atoms with Crippen LogP contribution in [0.25, 0.3) is 0 Å². The highest BCUT2D eigenvalue weighted by molar-refractivity contribution is 7.91. The molecule has 0 aliphatic carbocycles. The molecule has 0 amide bonds. The van der Waals surface area contributed by atoms with Crippen LogP contribution in [0.15, 0.2) is 155 Å². The van der Waals surface area contributed by atoms with E-state index in [4.69, 9.17) is 8.85 Å². The van der Waals surface area contributed by atoms with E-state index >= 15 is 8.42 Å². The fourth-order valence-electron chi connectivity index (χ4n) is 8.75. The summed E-state index contributed by atoms with van der Waals surface area (Å²) in [6, 6.07) is 48.9. The van der Waals surface area contributed by atoms with Crippen LogP contribution in [0.2, 0.25) is 10.1 Å². The monoisotopic (exact) mass is 950 g/mol. The molecule has 0 fully saturated rings. The van der Waals surface area contributed by atoms with Gasteiger partial charge in [0.15, 0.2) is 0 Å². The first-order chi connectivity index (χ1) is 30.6. The maximum absolute atomic E-state index is 15.3. The average molecular weight is 952 g/mol. The molecule has 350 valence electrons. The summed E-state index contributed by atoms with van der Waals surface area (Å²) in [4.78, 5) is 0.244. The topological polar surface area (TPSA) is 91.3 Å². The molecule has 0 aromatic heterocycles. The van der Waals surface area contributed by atoms with Crippen LogP contribution in [0, 0.1) is 5.92 Å². The molecule has 0 heterocycles. The van der Waals surface area contributed by atoms with E-state index in [1.54, 1.807) is 22.7 Å². The minimum Gasteiger partial charge on any atom is -0.591 e. The van der Waals surface area contributed by atoms with Gasteiger partial charge >= 0.3 is 0 Å². The molecular weight excluding hydrogens is 877 g/mol. The van der Waals surface area contributed by atoms with Crippen molar-refractivity contribution in [1.82, 2.24) is 4.31 Å². The van der Waals surface area contributed by atoms with Gasteiger partial charge in [0.1, 0.15) is 16.1 Å². The van der Waals surface area contributed by atoms with Crippen molar-refractivity contribution in [3.05, 3.63) is 151 Å². The molecule has 0 aliphatic rings. The van der Waals surface area contributed by atoms with Crippen LogP contribution in [-0.4, -0.2) is 64.1 Å². The molecule has 5 aromatic carbocycles. The number of hydrogen-bond donors (Lipinski definition) is 0. The molecule has 0 saturated heterocycles. The second kappa shape index (κ2) is 22.4. The van der Waals surface area contributed by atoms with E-state index in [2.05, 4.69) is 157 Å². The van der Waals surface area contributed by atoms with Crippen LogP contribution in [0.5, 0.6) is 0 Å². The Labute approximate surface area is 397 Å². The molecule has 0 N–H and O–H groups in total. The molecule has 0 unspecified atom stereocenters. The van der Waals surface area contributed by atoms with Crippen molar-refractivity contribution in [1.29, 1.82) is 0 Å². The van der Waals surface area contributed by atoms with E-state index < -0.39 is 48.8 Å². The van der Waals surface area contributed by atoms with Gasteiger partial charge in [0, 0.05) is 12.6 Å². The van der Waals surface area contributed by atoms with Gasteiger partial charge in [0.2, 0.25) is 10.0 Å². The molecule has 65 heavy (non-hydrogen) atoms. The zero-order valence-electron chi connectivity index (χ0n) is 40.8. The minimum absolute atomic E-state index is 0.197. The normalized spacial score (nSPS) is 14.3. The Morgan fingerprint density at radius 1 is 0.631 bits per heavy atom. The van der Waals surface area contributed by atoms with Crippen LogP contribution in [0.3, 0.4) is 0 Å². The van der Waals surface area contributed by atoms with Crippen molar-refractivity contribution in [2.75, 3.05) is 13.2 Å². The first-order valence-electron chi connectivity index (χ1n) is 23.2. The van der Waals surface area contributed by atoms with Crippen LogP contribution < -0.4 is 20.7 Å². The molecule has 0 spiro atoms. The lowest BCUT2D eigenvalue weighted by atomic mass is 10.1. The van der Waals surface area contributed by atoms with Gasteiger partial charge in [0.25, 0.3) is 16.6 Å². The van der Waals surface area contributed by atoms with Gasteiger partial charge in [-0.05, 0) is 101 Å². The molecule has 5 rings (SSSR count). The van der Waals surface area contributed by atoms with E-state index in [1.165, 1.54) is 10.4 Å². The fourth-order valence-corrected chi connectivity index (χ4v) is 20.1. The molecule has 0 bridgehead atoms. The third kappa shape index (κ3) is 12.7. The molecule has 2 atom stereocenters. The Bertz CT molecular complexity index is 2250. The number of nitrogens with zero attached hydrogens (tertiary/aromatic N) is 2. The number of sulfonamides is 1.